The van der Waals surface area contributed by atoms with Gasteiger partial charge in [-0.25, -0.2) is 9.97 Å². The fourth-order valence-electron chi connectivity index (χ4n) is 5.70. The Hall–Kier alpha value is -2.74. The van der Waals surface area contributed by atoms with E-state index in [1.165, 1.54) is 19.3 Å². The first-order valence-corrected chi connectivity index (χ1v) is 11.2. The van der Waals surface area contributed by atoms with Gasteiger partial charge in [-0.15, -0.1) is 0 Å². The van der Waals surface area contributed by atoms with Gasteiger partial charge in [0, 0.05) is 31.9 Å². The van der Waals surface area contributed by atoms with Gasteiger partial charge in [0.15, 0.2) is 17.0 Å². The van der Waals surface area contributed by atoms with E-state index in [0.29, 0.717) is 11.5 Å². The molecule has 3 aromatic rings. The second-order valence-corrected chi connectivity index (χ2v) is 9.05. The number of aromatic amines is 1. The first-order valence-electron chi connectivity index (χ1n) is 11.2. The van der Waals surface area contributed by atoms with Gasteiger partial charge in [-0.3, -0.25) is 10.1 Å². The number of hydrogen-bond acceptors (Lipinski definition) is 7. The van der Waals surface area contributed by atoms with Crippen molar-refractivity contribution in [3.8, 4) is 0 Å². The Balaban J connectivity index is 1.27. The molecule has 8 nitrogen and oxygen atoms in total. The molecular formula is C22H28N8. The van der Waals surface area contributed by atoms with Crippen molar-refractivity contribution in [2.45, 2.75) is 51.0 Å². The largest absolute Gasteiger partial charge is 0.355 e. The van der Waals surface area contributed by atoms with Crippen molar-refractivity contribution in [2.24, 2.45) is 11.1 Å². The fraction of sp³-hybridized carbons (Fsp3) is 0.545. The number of aromatic nitrogens is 5. The Morgan fingerprint density at radius 1 is 1.10 bits per heavy atom. The third-order valence-corrected chi connectivity index (χ3v) is 7.51. The van der Waals surface area contributed by atoms with E-state index in [1.807, 2.05) is 18.5 Å². The number of nitrogens with two attached hydrogens (primary N) is 1. The number of nitrogens with zero attached hydrogens (tertiary/aromatic N) is 6. The Bertz CT molecular complexity index is 1070. The van der Waals surface area contributed by atoms with E-state index >= 15 is 0 Å². The summed E-state index contributed by atoms with van der Waals surface area (Å²) in [6, 6.07) is 4.46. The maximum atomic E-state index is 6.44. The lowest BCUT2D eigenvalue weighted by molar-refractivity contribution is 0.197. The number of nitrogens with one attached hydrogen (secondary N) is 1. The monoisotopic (exact) mass is 404 g/mol. The fourth-order valence-corrected chi connectivity index (χ4v) is 5.70. The van der Waals surface area contributed by atoms with Gasteiger partial charge in [-0.1, -0.05) is 6.42 Å². The number of anilines is 3. The summed E-state index contributed by atoms with van der Waals surface area (Å²) in [7, 11) is 0. The summed E-state index contributed by atoms with van der Waals surface area (Å²) in [6.07, 6.45) is 11.9. The maximum Gasteiger partial charge on any atom is 0.183 e. The number of piperidine rings is 1. The van der Waals surface area contributed by atoms with Crippen molar-refractivity contribution in [3.63, 3.8) is 0 Å². The maximum absolute atomic E-state index is 6.44. The van der Waals surface area contributed by atoms with E-state index in [1.54, 1.807) is 0 Å². The molecule has 1 spiro atoms. The van der Waals surface area contributed by atoms with Crippen molar-refractivity contribution in [1.82, 2.24) is 25.1 Å². The van der Waals surface area contributed by atoms with Crippen LogP contribution in [-0.2, 0) is 6.42 Å². The zero-order chi connectivity index (χ0) is 20.1. The number of H-pyrrole nitrogens is 1. The summed E-state index contributed by atoms with van der Waals surface area (Å²) >= 11 is 0. The molecule has 1 saturated carbocycles. The number of aryl methyl sites for hydroxylation is 1. The second-order valence-electron chi connectivity index (χ2n) is 9.05. The Kier molecular flexibility index (Phi) is 4.16. The lowest BCUT2D eigenvalue weighted by Gasteiger charge is -2.42. The first kappa shape index (κ1) is 18.1. The van der Waals surface area contributed by atoms with Gasteiger partial charge >= 0.3 is 0 Å². The van der Waals surface area contributed by atoms with Crippen molar-refractivity contribution in [1.29, 1.82) is 0 Å². The first-order chi connectivity index (χ1) is 14.7. The van der Waals surface area contributed by atoms with Crippen molar-refractivity contribution >= 4 is 28.5 Å². The number of fused-ring (bicyclic) bond motifs is 2. The molecule has 6 rings (SSSR count). The molecule has 1 atom stereocenters. The second kappa shape index (κ2) is 6.91. The minimum Gasteiger partial charge on any atom is -0.355 e. The summed E-state index contributed by atoms with van der Waals surface area (Å²) in [5.41, 5.74) is 10.6. The smallest absolute Gasteiger partial charge is 0.183 e. The molecule has 0 aromatic carbocycles. The van der Waals surface area contributed by atoms with Crippen molar-refractivity contribution < 1.29 is 0 Å². The molecule has 3 aliphatic rings. The molecule has 0 bridgehead atoms. The molecule has 8 heteroatoms. The van der Waals surface area contributed by atoms with E-state index in [4.69, 9.17) is 15.7 Å². The molecule has 1 saturated heterocycles. The molecule has 2 aliphatic heterocycles. The minimum atomic E-state index is 0.352. The number of pyridine rings is 1. The molecular weight excluding hydrogens is 376 g/mol. The van der Waals surface area contributed by atoms with E-state index in [2.05, 4.69) is 31.0 Å². The average Bonchev–Trinajstić information content (AvgIpc) is 3.37. The summed E-state index contributed by atoms with van der Waals surface area (Å²) in [5.74, 6) is 1.77. The predicted molar refractivity (Wildman–Crippen MR) is 117 cm³/mol. The predicted octanol–water partition coefficient (Wildman–Crippen LogP) is 2.93. The third kappa shape index (κ3) is 2.77. The van der Waals surface area contributed by atoms with Crippen LogP contribution in [0.3, 0.4) is 0 Å². The van der Waals surface area contributed by atoms with Crippen molar-refractivity contribution in [3.05, 3.63) is 30.2 Å². The molecule has 156 valence electrons. The van der Waals surface area contributed by atoms with Crippen LogP contribution in [0.4, 0.5) is 17.3 Å². The van der Waals surface area contributed by atoms with E-state index in [-0.39, 0.29) is 0 Å². The molecule has 1 aliphatic carbocycles. The van der Waals surface area contributed by atoms with Crippen LogP contribution in [0.15, 0.2) is 24.5 Å². The van der Waals surface area contributed by atoms with E-state index < -0.39 is 0 Å². The van der Waals surface area contributed by atoms with Gasteiger partial charge in [-0.05, 0) is 56.1 Å². The van der Waals surface area contributed by atoms with Crippen LogP contribution >= 0.6 is 0 Å². The lowest BCUT2D eigenvalue weighted by Crippen LogP contribution is -2.47. The Labute approximate surface area is 175 Å². The van der Waals surface area contributed by atoms with Crippen LogP contribution in [0.1, 0.15) is 44.2 Å². The molecule has 2 fully saturated rings. The molecule has 30 heavy (non-hydrogen) atoms. The third-order valence-electron chi connectivity index (χ3n) is 7.51. The van der Waals surface area contributed by atoms with Gasteiger partial charge in [0.2, 0.25) is 0 Å². The van der Waals surface area contributed by atoms with Crippen LogP contribution in [-0.4, -0.2) is 50.8 Å². The lowest BCUT2D eigenvalue weighted by atomic mass is 9.74. The number of hydrogen-bond donors (Lipinski definition) is 2. The summed E-state index contributed by atoms with van der Waals surface area (Å²) < 4.78 is 0. The van der Waals surface area contributed by atoms with Gasteiger partial charge < -0.3 is 15.5 Å². The van der Waals surface area contributed by atoms with E-state index in [0.717, 1.165) is 79.5 Å². The zero-order valence-corrected chi connectivity index (χ0v) is 17.2. The van der Waals surface area contributed by atoms with Gasteiger partial charge in [0.25, 0.3) is 0 Å². The van der Waals surface area contributed by atoms with Crippen LogP contribution in [0, 0.1) is 5.41 Å². The quantitative estimate of drug-likeness (QED) is 0.677. The molecule has 3 N–H and O–H groups in total. The van der Waals surface area contributed by atoms with E-state index in [9.17, 15) is 0 Å². The molecule has 0 unspecified atom stereocenters. The molecule has 0 radical (unpaired) electrons. The molecule has 3 aromatic heterocycles. The average molecular weight is 405 g/mol. The highest BCUT2D eigenvalue weighted by Gasteiger charge is 2.43. The molecule has 0 amide bonds. The minimum absolute atomic E-state index is 0.352. The van der Waals surface area contributed by atoms with Gasteiger partial charge in [0.05, 0.1) is 17.6 Å². The van der Waals surface area contributed by atoms with Crippen LogP contribution in [0.2, 0.25) is 0 Å². The highest BCUT2D eigenvalue weighted by Crippen LogP contribution is 2.46. The molecule has 5 heterocycles. The summed E-state index contributed by atoms with van der Waals surface area (Å²) in [5, 5.41) is 7.70. The summed E-state index contributed by atoms with van der Waals surface area (Å²) in [6.45, 7) is 2.91. The highest BCUT2D eigenvalue weighted by molar-refractivity contribution is 5.87. The van der Waals surface area contributed by atoms with Crippen LogP contribution < -0.4 is 15.5 Å². The normalized spacial score (nSPS) is 23.3. The van der Waals surface area contributed by atoms with Gasteiger partial charge in [-0.2, -0.15) is 5.10 Å². The number of rotatable bonds is 2. The van der Waals surface area contributed by atoms with Crippen LogP contribution in [0.25, 0.3) is 11.2 Å². The van der Waals surface area contributed by atoms with Crippen LogP contribution in [0.5, 0.6) is 0 Å². The Morgan fingerprint density at radius 2 is 2.00 bits per heavy atom. The van der Waals surface area contributed by atoms with Crippen molar-refractivity contribution in [2.75, 3.05) is 29.4 Å². The zero-order valence-electron chi connectivity index (χ0n) is 17.2. The standard InChI is InChI=1S/C22H28N8/c23-17-6-1-7-22(17)8-12-29(13-9-22)18-14-25-19-20(26-18)27-28-21(19)30-11-3-4-15-16(30)5-2-10-24-15/h2,5,10,14,17H,1,3-4,6-9,11-13,23H2,(H,26,27,28)/t17-/m0/s1. The highest BCUT2D eigenvalue weighted by atomic mass is 15.3. The topological polar surface area (TPSA) is 99.9 Å². The summed E-state index contributed by atoms with van der Waals surface area (Å²) in [4.78, 5) is 18.8. The Morgan fingerprint density at radius 3 is 2.83 bits per heavy atom. The SMILES string of the molecule is N[C@H]1CCCC12CCN(c1cnc3c(N4CCCc5ncccc54)n[nH]c3n1)CC2. The van der Waals surface area contributed by atoms with Gasteiger partial charge in [0.1, 0.15) is 5.82 Å².